The Hall–Kier alpha value is -1.95. The zero-order chi connectivity index (χ0) is 17.6. The van der Waals surface area contributed by atoms with Gasteiger partial charge in [-0.1, -0.05) is 11.6 Å². The molecule has 0 radical (unpaired) electrons. The molecule has 128 valence electrons. The van der Waals surface area contributed by atoms with E-state index < -0.39 is 11.7 Å². The molecule has 23 heavy (non-hydrogen) atoms. The molecule has 2 amide bonds. The van der Waals surface area contributed by atoms with Crippen molar-refractivity contribution >= 4 is 29.3 Å². The van der Waals surface area contributed by atoms with Crippen LogP contribution in [-0.4, -0.2) is 37.8 Å². The molecule has 1 rings (SSSR count). The summed E-state index contributed by atoms with van der Waals surface area (Å²) < 4.78 is 10.2. The maximum absolute atomic E-state index is 11.8. The number of amides is 2. The minimum atomic E-state index is -0.562. The number of carbonyl (C=O) groups is 2. The van der Waals surface area contributed by atoms with E-state index in [4.69, 9.17) is 21.1 Å². The molecule has 0 aliphatic heterocycles. The Bertz CT molecular complexity index is 570. The zero-order valence-electron chi connectivity index (χ0n) is 14.1. The van der Waals surface area contributed by atoms with E-state index in [-0.39, 0.29) is 12.5 Å². The highest BCUT2D eigenvalue weighted by Gasteiger charge is 2.17. The SMILES string of the molecule is COc1ccc(N(CCNC(=O)OC(C)(C)C)C(C)=O)cc1Cl. The second-order valence-corrected chi connectivity index (χ2v) is 6.33. The predicted octanol–water partition coefficient (Wildman–Crippen LogP) is 3.23. The van der Waals surface area contributed by atoms with Crippen molar-refractivity contribution in [2.24, 2.45) is 0 Å². The molecular weight excluding hydrogens is 320 g/mol. The quantitative estimate of drug-likeness (QED) is 0.892. The number of hydrogen-bond acceptors (Lipinski definition) is 4. The van der Waals surface area contributed by atoms with Crippen LogP contribution in [0.2, 0.25) is 5.02 Å². The molecule has 0 aliphatic carbocycles. The number of alkyl carbamates (subject to hydrolysis) is 1. The van der Waals surface area contributed by atoms with Crippen molar-refractivity contribution in [2.75, 3.05) is 25.1 Å². The minimum absolute atomic E-state index is 0.155. The zero-order valence-corrected chi connectivity index (χ0v) is 14.9. The third kappa shape index (κ3) is 6.36. The van der Waals surface area contributed by atoms with Gasteiger partial charge in [-0.25, -0.2) is 4.79 Å². The number of halogens is 1. The first-order valence-corrected chi connectivity index (χ1v) is 7.60. The van der Waals surface area contributed by atoms with Crippen molar-refractivity contribution in [3.05, 3.63) is 23.2 Å². The fourth-order valence-electron chi connectivity index (χ4n) is 1.88. The van der Waals surface area contributed by atoms with E-state index in [0.717, 1.165) is 0 Å². The molecule has 0 aromatic heterocycles. The van der Waals surface area contributed by atoms with Crippen molar-refractivity contribution in [1.82, 2.24) is 5.32 Å². The number of ether oxygens (including phenoxy) is 2. The smallest absolute Gasteiger partial charge is 0.407 e. The van der Waals surface area contributed by atoms with Gasteiger partial charge in [-0.2, -0.15) is 0 Å². The van der Waals surface area contributed by atoms with Crippen molar-refractivity contribution in [2.45, 2.75) is 33.3 Å². The molecular formula is C16H23ClN2O4. The monoisotopic (exact) mass is 342 g/mol. The molecule has 0 aliphatic rings. The topological polar surface area (TPSA) is 67.9 Å². The van der Waals surface area contributed by atoms with Crippen LogP contribution in [0.4, 0.5) is 10.5 Å². The Balaban J connectivity index is 2.68. The number of methoxy groups -OCH3 is 1. The number of benzene rings is 1. The van der Waals surface area contributed by atoms with Gasteiger partial charge in [0.25, 0.3) is 0 Å². The van der Waals surface area contributed by atoms with Gasteiger partial charge in [-0.3, -0.25) is 4.79 Å². The van der Waals surface area contributed by atoms with Gasteiger partial charge < -0.3 is 19.7 Å². The van der Waals surface area contributed by atoms with Crippen molar-refractivity contribution < 1.29 is 19.1 Å². The van der Waals surface area contributed by atoms with Crippen LogP contribution in [0.25, 0.3) is 0 Å². The lowest BCUT2D eigenvalue weighted by Crippen LogP contribution is -2.39. The lowest BCUT2D eigenvalue weighted by atomic mass is 10.2. The number of rotatable bonds is 5. The van der Waals surface area contributed by atoms with Gasteiger partial charge in [-0.05, 0) is 39.0 Å². The molecule has 0 atom stereocenters. The molecule has 0 heterocycles. The molecule has 7 heteroatoms. The van der Waals surface area contributed by atoms with Gasteiger partial charge in [0.2, 0.25) is 5.91 Å². The van der Waals surface area contributed by atoms with Gasteiger partial charge in [0, 0.05) is 25.7 Å². The van der Waals surface area contributed by atoms with Crippen LogP contribution in [-0.2, 0) is 9.53 Å². The normalized spacial score (nSPS) is 10.9. The summed E-state index contributed by atoms with van der Waals surface area (Å²) in [6, 6.07) is 5.07. The Morgan fingerprint density at radius 1 is 1.30 bits per heavy atom. The Morgan fingerprint density at radius 2 is 1.96 bits per heavy atom. The molecule has 1 N–H and O–H groups in total. The molecule has 0 fully saturated rings. The minimum Gasteiger partial charge on any atom is -0.495 e. The number of carbonyl (C=O) groups excluding carboxylic acids is 2. The highest BCUT2D eigenvalue weighted by Crippen LogP contribution is 2.29. The van der Waals surface area contributed by atoms with Crippen LogP contribution in [0.3, 0.4) is 0 Å². The summed E-state index contributed by atoms with van der Waals surface area (Å²) in [7, 11) is 1.52. The van der Waals surface area contributed by atoms with E-state index >= 15 is 0 Å². The van der Waals surface area contributed by atoms with Crippen molar-refractivity contribution in [1.29, 1.82) is 0 Å². The van der Waals surface area contributed by atoms with Gasteiger partial charge in [-0.15, -0.1) is 0 Å². The van der Waals surface area contributed by atoms with Crippen LogP contribution in [0.1, 0.15) is 27.7 Å². The van der Waals surface area contributed by atoms with Crippen LogP contribution >= 0.6 is 11.6 Å². The van der Waals surface area contributed by atoms with Gasteiger partial charge >= 0.3 is 6.09 Å². The lowest BCUT2D eigenvalue weighted by Gasteiger charge is -2.23. The average Bonchev–Trinajstić information content (AvgIpc) is 2.41. The number of hydrogen-bond donors (Lipinski definition) is 1. The molecule has 6 nitrogen and oxygen atoms in total. The lowest BCUT2D eigenvalue weighted by molar-refractivity contribution is -0.116. The van der Waals surface area contributed by atoms with Gasteiger partial charge in [0.1, 0.15) is 11.4 Å². The molecule has 0 bridgehead atoms. The van der Waals surface area contributed by atoms with Crippen molar-refractivity contribution in [3.8, 4) is 5.75 Å². The second kappa shape index (κ2) is 8.06. The van der Waals surface area contributed by atoms with Crippen molar-refractivity contribution in [3.63, 3.8) is 0 Å². The first-order chi connectivity index (χ1) is 10.6. The Kier molecular flexibility index (Phi) is 6.69. The van der Waals surface area contributed by atoms with E-state index in [2.05, 4.69) is 5.32 Å². The maximum atomic E-state index is 11.8. The standard InChI is InChI=1S/C16H23ClN2O4/c1-11(20)19(9-8-18-15(21)23-16(2,3)4)12-6-7-14(22-5)13(17)10-12/h6-7,10H,8-9H2,1-5H3,(H,18,21). The van der Waals surface area contributed by atoms with Crippen LogP contribution < -0.4 is 15.0 Å². The molecule has 0 unspecified atom stereocenters. The summed E-state index contributed by atoms with van der Waals surface area (Å²) in [5, 5.41) is 3.03. The van der Waals surface area contributed by atoms with Gasteiger partial charge in [0.05, 0.1) is 12.1 Å². The number of nitrogens with zero attached hydrogens (tertiary/aromatic N) is 1. The van der Waals surface area contributed by atoms with E-state index in [0.29, 0.717) is 23.0 Å². The average molecular weight is 343 g/mol. The molecule has 1 aromatic carbocycles. The summed E-state index contributed by atoms with van der Waals surface area (Å²) in [5.41, 5.74) is 0.0719. The predicted molar refractivity (Wildman–Crippen MR) is 90.3 cm³/mol. The molecule has 0 saturated heterocycles. The first kappa shape index (κ1) is 19.1. The fraction of sp³-hybridized carbons (Fsp3) is 0.500. The molecule has 0 spiro atoms. The van der Waals surface area contributed by atoms with Crippen LogP contribution in [0, 0.1) is 0 Å². The van der Waals surface area contributed by atoms with E-state index in [1.807, 2.05) is 0 Å². The van der Waals surface area contributed by atoms with E-state index in [1.165, 1.54) is 18.9 Å². The Labute approximate surface area is 141 Å². The summed E-state index contributed by atoms with van der Waals surface area (Å²) in [5.74, 6) is 0.378. The highest BCUT2D eigenvalue weighted by atomic mass is 35.5. The molecule has 1 aromatic rings. The summed E-state index contributed by atoms with van der Waals surface area (Å²) in [6.45, 7) is 7.37. The van der Waals surface area contributed by atoms with E-state index in [1.54, 1.807) is 39.0 Å². The highest BCUT2D eigenvalue weighted by molar-refractivity contribution is 6.32. The number of nitrogens with one attached hydrogen (secondary N) is 1. The maximum Gasteiger partial charge on any atom is 0.407 e. The number of anilines is 1. The Morgan fingerprint density at radius 3 is 2.43 bits per heavy atom. The van der Waals surface area contributed by atoms with Crippen LogP contribution in [0.5, 0.6) is 5.75 Å². The van der Waals surface area contributed by atoms with E-state index in [9.17, 15) is 9.59 Å². The summed E-state index contributed by atoms with van der Waals surface area (Å²) >= 11 is 6.08. The largest absolute Gasteiger partial charge is 0.495 e. The van der Waals surface area contributed by atoms with Crippen LogP contribution in [0.15, 0.2) is 18.2 Å². The summed E-state index contributed by atoms with van der Waals surface area (Å²) in [4.78, 5) is 24.9. The first-order valence-electron chi connectivity index (χ1n) is 7.22. The second-order valence-electron chi connectivity index (χ2n) is 5.92. The third-order valence-corrected chi connectivity index (χ3v) is 3.13. The molecule has 0 saturated carbocycles. The fourth-order valence-corrected chi connectivity index (χ4v) is 2.13. The van der Waals surface area contributed by atoms with Gasteiger partial charge in [0.15, 0.2) is 0 Å². The summed E-state index contributed by atoms with van der Waals surface area (Å²) in [6.07, 6.45) is -0.520. The third-order valence-electron chi connectivity index (χ3n) is 2.83.